The Morgan fingerprint density at radius 2 is 1.03 bits per heavy atom. The Labute approximate surface area is 231 Å². The second-order valence-electron chi connectivity index (χ2n) is 12.2. The summed E-state index contributed by atoms with van der Waals surface area (Å²) in [6.07, 6.45) is -0.917. The van der Waals surface area contributed by atoms with Crippen molar-refractivity contribution in [2.45, 2.75) is 124 Å². The summed E-state index contributed by atoms with van der Waals surface area (Å²) in [5.74, 6) is -0.823. The highest BCUT2D eigenvalue weighted by molar-refractivity contribution is 5.73. The SMILES string of the molecule is CC(C)(C)OC(=O)CCNC(=O)OC(C)(C)C.CC(C)(C)OC(=O)C[C@@H](CO)NC(=O)OC(C)(C)C.O=C=O. The van der Waals surface area contributed by atoms with Gasteiger partial charge in [0.1, 0.15) is 22.4 Å². The number of hydrogen-bond donors (Lipinski definition) is 3. The summed E-state index contributed by atoms with van der Waals surface area (Å²) in [5.41, 5.74) is -2.25. The molecule has 0 spiro atoms. The minimum Gasteiger partial charge on any atom is -0.460 e. The van der Waals surface area contributed by atoms with Crippen molar-refractivity contribution in [2.75, 3.05) is 13.2 Å². The fourth-order valence-electron chi connectivity index (χ4n) is 2.19. The summed E-state index contributed by atoms with van der Waals surface area (Å²) in [6.45, 7) is 21.0. The van der Waals surface area contributed by atoms with Crippen LogP contribution in [-0.2, 0) is 38.1 Å². The van der Waals surface area contributed by atoms with Crippen LogP contribution in [0.1, 0.15) is 95.9 Å². The molecule has 13 nitrogen and oxygen atoms in total. The third-order valence-corrected chi connectivity index (χ3v) is 3.19. The maximum atomic E-state index is 11.6. The molecule has 2 amide bonds. The maximum Gasteiger partial charge on any atom is 0.407 e. The van der Waals surface area contributed by atoms with Crippen LogP contribution < -0.4 is 10.6 Å². The standard InChI is InChI=1S/C13H25NO5.C12H23NO4.CO2/c1-12(2,3)18-10(16)7-9(8-15)14-11(17)19-13(4,5)6;1-11(2,3)16-9(14)7-8-13-10(15)17-12(4,5)6;2-1-3/h9,15H,7-8H2,1-6H3,(H,14,17);7-8H2,1-6H3,(H,13,15);/t9-;;/m0../s1. The highest BCUT2D eigenvalue weighted by atomic mass is 16.6. The first kappa shape index (κ1) is 40.3. The first-order chi connectivity index (χ1) is 17.3. The first-order valence-corrected chi connectivity index (χ1v) is 12.3. The van der Waals surface area contributed by atoms with Gasteiger partial charge in [-0.3, -0.25) is 9.59 Å². The van der Waals surface area contributed by atoms with Crippen molar-refractivity contribution in [3.8, 4) is 0 Å². The van der Waals surface area contributed by atoms with Crippen molar-refractivity contribution in [1.29, 1.82) is 0 Å². The average molecular weight is 565 g/mol. The van der Waals surface area contributed by atoms with Gasteiger partial charge in [0, 0.05) is 6.54 Å². The lowest BCUT2D eigenvalue weighted by Gasteiger charge is -2.24. The molecule has 0 aliphatic rings. The van der Waals surface area contributed by atoms with E-state index in [9.17, 15) is 19.2 Å². The van der Waals surface area contributed by atoms with Crippen molar-refractivity contribution in [3.63, 3.8) is 0 Å². The van der Waals surface area contributed by atoms with Crippen LogP contribution in [0.3, 0.4) is 0 Å². The second kappa shape index (κ2) is 18.2. The molecule has 0 radical (unpaired) electrons. The van der Waals surface area contributed by atoms with Gasteiger partial charge in [-0.05, 0) is 83.1 Å². The summed E-state index contributed by atoms with van der Waals surface area (Å²) >= 11 is 0. The molecule has 0 aliphatic carbocycles. The normalized spacial score (nSPS) is 12.0. The molecule has 228 valence electrons. The molecule has 0 heterocycles. The zero-order valence-electron chi connectivity index (χ0n) is 25.4. The molecule has 13 heteroatoms. The number of carbonyl (C=O) groups is 4. The molecule has 0 unspecified atom stereocenters. The first-order valence-electron chi connectivity index (χ1n) is 12.3. The molecule has 39 heavy (non-hydrogen) atoms. The van der Waals surface area contributed by atoms with Crippen LogP contribution in [0.5, 0.6) is 0 Å². The number of ether oxygens (including phenoxy) is 4. The molecular weight excluding hydrogens is 516 g/mol. The molecule has 0 saturated carbocycles. The van der Waals surface area contributed by atoms with E-state index in [2.05, 4.69) is 10.6 Å². The number of amides is 2. The van der Waals surface area contributed by atoms with Crippen LogP contribution in [0.15, 0.2) is 0 Å². The van der Waals surface area contributed by atoms with Crippen LogP contribution in [-0.4, -0.2) is 77.0 Å². The lowest BCUT2D eigenvalue weighted by atomic mass is 10.1. The van der Waals surface area contributed by atoms with Gasteiger partial charge < -0.3 is 34.7 Å². The van der Waals surface area contributed by atoms with Crippen molar-refractivity contribution < 1.29 is 52.8 Å². The number of hydrogen-bond acceptors (Lipinski definition) is 11. The highest BCUT2D eigenvalue weighted by Crippen LogP contribution is 2.11. The fourth-order valence-corrected chi connectivity index (χ4v) is 2.19. The van der Waals surface area contributed by atoms with Crippen molar-refractivity contribution in [1.82, 2.24) is 10.6 Å². The van der Waals surface area contributed by atoms with E-state index < -0.39 is 46.6 Å². The summed E-state index contributed by atoms with van der Waals surface area (Å²) in [4.78, 5) is 61.9. The van der Waals surface area contributed by atoms with E-state index in [1.54, 1.807) is 83.1 Å². The zero-order chi connectivity index (χ0) is 31.7. The van der Waals surface area contributed by atoms with E-state index in [0.717, 1.165) is 0 Å². The molecule has 0 bridgehead atoms. The molecule has 0 aliphatic heterocycles. The van der Waals surface area contributed by atoms with E-state index in [0.29, 0.717) is 0 Å². The molecule has 0 rings (SSSR count). The number of alkyl carbamates (subject to hydrolysis) is 2. The monoisotopic (exact) mass is 564 g/mol. The van der Waals surface area contributed by atoms with Gasteiger partial charge in [0.2, 0.25) is 0 Å². The predicted octanol–water partition coefficient (Wildman–Crippen LogP) is 3.26. The molecule has 0 fully saturated rings. The molecule has 0 aromatic rings. The third-order valence-electron chi connectivity index (χ3n) is 3.19. The molecule has 3 N–H and O–H groups in total. The van der Waals surface area contributed by atoms with Crippen molar-refractivity contribution >= 4 is 30.3 Å². The number of nitrogens with one attached hydrogen (secondary N) is 2. The predicted molar refractivity (Wildman–Crippen MR) is 140 cm³/mol. The number of aliphatic hydroxyl groups is 1. The zero-order valence-corrected chi connectivity index (χ0v) is 25.4. The highest BCUT2D eigenvalue weighted by Gasteiger charge is 2.24. The van der Waals surface area contributed by atoms with Gasteiger partial charge in [0.05, 0.1) is 25.5 Å². The van der Waals surface area contributed by atoms with E-state index in [4.69, 9.17) is 33.6 Å². The van der Waals surface area contributed by atoms with Gasteiger partial charge >= 0.3 is 30.3 Å². The smallest absolute Gasteiger partial charge is 0.407 e. The quantitative estimate of drug-likeness (QED) is 0.304. The second-order valence-corrected chi connectivity index (χ2v) is 12.2. The molecular formula is C26H48N2O11. The Morgan fingerprint density at radius 3 is 1.38 bits per heavy atom. The Balaban J connectivity index is -0.000000606. The van der Waals surface area contributed by atoms with Gasteiger partial charge in [-0.2, -0.15) is 9.59 Å². The van der Waals surface area contributed by atoms with E-state index >= 15 is 0 Å². The van der Waals surface area contributed by atoms with E-state index in [-0.39, 0.29) is 38.1 Å². The van der Waals surface area contributed by atoms with Crippen LogP contribution >= 0.6 is 0 Å². The Morgan fingerprint density at radius 1 is 0.667 bits per heavy atom. The summed E-state index contributed by atoms with van der Waals surface area (Å²) in [7, 11) is 0. The number of aliphatic hydroxyl groups excluding tert-OH is 1. The summed E-state index contributed by atoms with van der Waals surface area (Å²) in [5, 5.41) is 14.1. The van der Waals surface area contributed by atoms with Crippen LogP contribution in [0.4, 0.5) is 9.59 Å². The van der Waals surface area contributed by atoms with Crippen LogP contribution in [0, 0.1) is 0 Å². The lowest BCUT2D eigenvalue weighted by molar-refractivity contribution is -0.191. The average Bonchev–Trinajstić information content (AvgIpc) is 2.62. The topological polar surface area (TPSA) is 184 Å². The third kappa shape index (κ3) is 34.8. The Bertz CT molecular complexity index is 735. The van der Waals surface area contributed by atoms with E-state index in [1.165, 1.54) is 0 Å². The van der Waals surface area contributed by atoms with Crippen LogP contribution in [0.2, 0.25) is 0 Å². The number of carbonyl (C=O) groups excluding carboxylic acids is 6. The summed E-state index contributed by atoms with van der Waals surface area (Å²) < 4.78 is 20.3. The minimum absolute atomic E-state index is 0.104. The summed E-state index contributed by atoms with van der Waals surface area (Å²) in [6, 6.07) is -0.718. The van der Waals surface area contributed by atoms with Gasteiger partial charge in [-0.15, -0.1) is 0 Å². The number of rotatable bonds is 7. The van der Waals surface area contributed by atoms with Gasteiger partial charge in [0.25, 0.3) is 0 Å². The molecule has 1 atom stereocenters. The van der Waals surface area contributed by atoms with E-state index in [1.807, 2.05) is 0 Å². The number of esters is 2. The molecule has 0 aromatic heterocycles. The van der Waals surface area contributed by atoms with Gasteiger partial charge in [-0.25, -0.2) is 9.59 Å². The molecule has 0 aromatic carbocycles. The van der Waals surface area contributed by atoms with Crippen LogP contribution in [0.25, 0.3) is 0 Å². The Kier molecular flexibility index (Phi) is 18.8. The van der Waals surface area contributed by atoms with Crippen molar-refractivity contribution in [2.24, 2.45) is 0 Å². The fraction of sp³-hybridized carbons (Fsp3) is 0.808. The lowest BCUT2D eigenvalue weighted by Crippen LogP contribution is -2.42. The minimum atomic E-state index is -0.718. The molecule has 0 saturated heterocycles. The Hall–Kier alpha value is -3.18. The van der Waals surface area contributed by atoms with Crippen molar-refractivity contribution in [3.05, 3.63) is 0 Å². The maximum absolute atomic E-state index is 11.6. The van der Waals surface area contributed by atoms with Gasteiger partial charge in [-0.1, -0.05) is 0 Å². The van der Waals surface area contributed by atoms with Gasteiger partial charge in [0.15, 0.2) is 0 Å². The largest absolute Gasteiger partial charge is 0.460 e.